The van der Waals surface area contributed by atoms with Crippen molar-refractivity contribution in [1.82, 2.24) is 10.2 Å². The molecule has 2 rings (SSSR count). The van der Waals surface area contributed by atoms with Gasteiger partial charge in [-0.2, -0.15) is 0 Å². The number of benzene rings is 1. The van der Waals surface area contributed by atoms with E-state index in [-0.39, 0.29) is 5.91 Å². The summed E-state index contributed by atoms with van der Waals surface area (Å²) in [6.07, 6.45) is 0.996. The van der Waals surface area contributed by atoms with Crippen LogP contribution in [0.4, 0.5) is 0 Å². The van der Waals surface area contributed by atoms with E-state index in [9.17, 15) is 4.79 Å². The van der Waals surface area contributed by atoms with Crippen LogP contribution >= 0.6 is 11.6 Å². The summed E-state index contributed by atoms with van der Waals surface area (Å²) < 4.78 is 0. The molecule has 0 spiro atoms. The number of carbonyl (C=O) groups excluding carboxylic acids is 1. The maximum atomic E-state index is 12.2. The number of nitrogens with one attached hydrogen (secondary N) is 1. The fourth-order valence-corrected chi connectivity index (χ4v) is 2.07. The van der Waals surface area contributed by atoms with Gasteiger partial charge in [-0.1, -0.05) is 23.7 Å². The van der Waals surface area contributed by atoms with Crippen molar-refractivity contribution in [3.05, 3.63) is 34.9 Å². The summed E-state index contributed by atoms with van der Waals surface area (Å²) in [5.74, 6) is 0.0364. The van der Waals surface area contributed by atoms with Crippen LogP contribution in [0, 0.1) is 0 Å². The van der Waals surface area contributed by atoms with Gasteiger partial charge < -0.3 is 10.2 Å². The Bertz CT molecular complexity index is 373. The standard InChI is InChI=1S/C12H15ClN2O/c13-11-5-2-1-4-10(11)12(16)15-8-3-6-14-7-9-15/h1-2,4-5,14H,3,6-9H2. The first-order chi connectivity index (χ1) is 7.79. The minimum absolute atomic E-state index is 0.0364. The van der Waals surface area contributed by atoms with Gasteiger partial charge in [-0.3, -0.25) is 4.79 Å². The highest BCUT2D eigenvalue weighted by molar-refractivity contribution is 6.33. The van der Waals surface area contributed by atoms with Gasteiger partial charge in [-0.15, -0.1) is 0 Å². The summed E-state index contributed by atoms with van der Waals surface area (Å²) in [5.41, 5.74) is 0.603. The van der Waals surface area contributed by atoms with E-state index in [1.54, 1.807) is 12.1 Å². The van der Waals surface area contributed by atoms with Crippen molar-refractivity contribution in [1.29, 1.82) is 0 Å². The van der Waals surface area contributed by atoms with Crippen molar-refractivity contribution in [2.75, 3.05) is 26.2 Å². The first-order valence-electron chi connectivity index (χ1n) is 5.53. The van der Waals surface area contributed by atoms with Crippen molar-refractivity contribution in [3.8, 4) is 0 Å². The van der Waals surface area contributed by atoms with Gasteiger partial charge in [0.05, 0.1) is 10.6 Å². The molecule has 0 bridgehead atoms. The predicted molar refractivity (Wildman–Crippen MR) is 64.8 cm³/mol. The van der Waals surface area contributed by atoms with E-state index in [0.29, 0.717) is 10.6 Å². The van der Waals surface area contributed by atoms with E-state index >= 15 is 0 Å². The number of rotatable bonds is 1. The number of nitrogens with zero attached hydrogens (tertiary/aromatic N) is 1. The van der Waals surface area contributed by atoms with Gasteiger partial charge in [0.1, 0.15) is 0 Å². The largest absolute Gasteiger partial charge is 0.337 e. The zero-order valence-electron chi connectivity index (χ0n) is 9.08. The molecule has 1 aromatic rings. The minimum Gasteiger partial charge on any atom is -0.337 e. The van der Waals surface area contributed by atoms with Crippen LogP contribution in [0.5, 0.6) is 0 Å². The molecule has 4 heteroatoms. The molecule has 1 heterocycles. The van der Waals surface area contributed by atoms with Crippen LogP contribution < -0.4 is 5.32 Å². The molecule has 0 aliphatic carbocycles. The molecule has 1 N–H and O–H groups in total. The third-order valence-corrected chi connectivity index (χ3v) is 3.06. The highest BCUT2D eigenvalue weighted by Gasteiger charge is 2.18. The Labute approximate surface area is 100 Å². The van der Waals surface area contributed by atoms with E-state index in [0.717, 1.165) is 32.6 Å². The molecule has 0 atom stereocenters. The lowest BCUT2D eigenvalue weighted by Crippen LogP contribution is -2.34. The normalized spacial score (nSPS) is 16.9. The fourth-order valence-electron chi connectivity index (χ4n) is 1.85. The van der Waals surface area contributed by atoms with E-state index in [1.807, 2.05) is 17.0 Å². The Morgan fingerprint density at radius 3 is 2.88 bits per heavy atom. The molecule has 0 radical (unpaired) electrons. The quantitative estimate of drug-likeness (QED) is 0.809. The number of carbonyl (C=O) groups is 1. The zero-order valence-corrected chi connectivity index (χ0v) is 9.83. The number of hydrogen-bond donors (Lipinski definition) is 1. The molecule has 0 unspecified atom stereocenters. The topological polar surface area (TPSA) is 32.3 Å². The summed E-state index contributed by atoms with van der Waals surface area (Å²) in [7, 11) is 0. The Morgan fingerprint density at radius 1 is 1.25 bits per heavy atom. The molecule has 1 fully saturated rings. The first-order valence-corrected chi connectivity index (χ1v) is 5.91. The molecular formula is C12H15ClN2O. The van der Waals surface area contributed by atoms with Crippen LogP contribution in [0.25, 0.3) is 0 Å². The molecule has 1 amide bonds. The Kier molecular flexibility index (Phi) is 3.80. The number of hydrogen-bond acceptors (Lipinski definition) is 2. The van der Waals surface area contributed by atoms with Gasteiger partial charge in [0.25, 0.3) is 5.91 Å². The highest BCUT2D eigenvalue weighted by atomic mass is 35.5. The maximum absolute atomic E-state index is 12.2. The summed E-state index contributed by atoms with van der Waals surface area (Å²) in [4.78, 5) is 14.0. The molecule has 3 nitrogen and oxygen atoms in total. The molecule has 1 saturated heterocycles. The van der Waals surface area contributed by atoms with Crippen molar-refractivity contribution < 1.29 is 4.79 Å². The fraction of sp³-hybridized carbons (Fsp3) is 0.417. The molecule has 0 aromatic heterocycles. The lowest BCUT2D eigenvalue weighted by Gasteiger charge is -2.20. The van der Waals surface area contributed by atoms with Crippen LogP contribution in [0.3, 0.4) is 0 Å². The Hall–Kier alpha value is -1.06. The number of halogens is 1. The maximum Gasteiger partial charge on any atom is 0.255 e. The van der Waals surface area contributed by atoms with E-state index in [4.69, 9.17) is 11.6 Å². The second-order valence-electron chi connectivity index (χ2n) is 3.88. The van der Waals surface area contributed by atoms with Crippen molar-refractivity contribution in [2.45, 2.75) is 6.42 Å². The highest BCUT2D eigenvalue weighted by Crippen LogP contribution is 2.17. The van der Waals surface area contributed by atoms with Gasteiger partial charge in [-0.25, -0.2) is 0 Å². The average Bonchev–Trinajstić information content (AvgIpc) is 2.57. The second-order valence-corrected chi connectivity index (χ2v) is 4.28. The van der Waals surface area contributed by atoms with Gasteiger partial charge in [0.2, 0.25) is 0 Å². The SMILES string of the molecule is O=C(c1ccccc1Cl)N1CCCNCC1. The molecular weight excluding hydrogens is 224 g/mol. The first kappa shape index (κ1) is 11.4. The van der Waals surface area contributed by atoms with Crippen LogP contribution in [-0.4, -0.2) is 37.0 Å². The molecule has 1 aliphatic heterocycles. The van der Waals surface area contributed by atoms with Crippen molar-refractivity contribution in [3.63, 3.8) is 0 Å². The average molecular weight is 239 g/mol. The summed E-state index contributed by atoms with van der Waals surface area (Å²) in [6, 6.07) is 7.21. The summed E-state index contributed by atoms with van der Waals surface area (Å²) in [6.45, 7) is 3.39. The van der Waals surface area contributed by atoms with Crippen LogP contribution in [0.1, 0.15) is 16.8 Å². The van der Waals surface area contributed by atoms with Gasteiger partial charge in [-0.05, 0) is 25.1 Å². The third-order valence-electron chi connectivity index (χ3n) is 2.73. The smallest absolute Gasteiger partial charge is 0.255 e. The number of amides is 1. The molecule has 1 aliphatic rings. The van der Waals surface area contributed by atoms with Gasteiger partial charge in [0.15, 0.2) is 0 Å². The minimum atomic E-state index is 0.0364. The van der Waals surface area contributed by atoms with E-state index in [1.165, 1.54) is 0 Å². The van der Waals surface area contributed by atoms with Crippen molar-refractivity contribution in [2.24, 2.45) is 0 Å². The second kappa shape index (κ2) is 5.32. The van der Waals surface area contributed by atoms with Gasteiger partial charge >= 0.3 is 0 Å². The lowest BCUT2D eigenvalue weighted by molar-refractivity contribution is 0.0766. The summed E-state index contributed by atoms with van der Waals surface area (Å²) in [5, 5.41) is 3.80. The molecule has 86 valence electrons. The summed E-state index contributed by atoms with van der Waals surface area (Å²) >= 11 is 6.02. The monoisotopic (exact) mass is 238 g/mol. The Balaban J connectivity index is 2.14. The van der Waals surface area contributed by atoms with Crippen LogP contribution in [0.2, 0.25) is 5.02 Å². The third kappa shape index (κ3) is 2.54. The molecule has 16 heavy (non-hydrogen) atoms. The van der Waals surface area contributed by atoms with E-state index < -0.39 is 0 Å². The van der Waals surface area contributed by atoms with Crippen LogP contribution in [0.15, 0.2) is 24.3 Å². The lowest BCUT2D eigenvalue weighted by atomic mass is 10.2. The predicted octanol–water partition coefficient (Wildman–Crippen LogP) is 1.78. The zero-order chi connectivity index (χ0) is 11.4. The van der Waals surface area contributed by atoms with Gasteiger partial charge in [0, 0.05) is 19.6 Å². The molecule has 1 aromatic carbocycles. The van der Waals surface area contributed by atoms with E-state index in [2.05, 4.69) is 5.32 Å². The van der Waals surface area contributed by atoms with Crippen molar-refractivity contribution >= 4 is 17.5 Å². The Morgan fingerprint density at radius 2 is 2.06 bits per heavy atom. The van der Waals surface area contributed by atoms with Crippen LogP contribution in [-0.2, 0) is 0 Å². The molecule has 0 saturated carbocycles.